The van der Waals surface area contributed by atoms with E-state index in [1.165, 1.54) is 18.2 Å². The lowest BCUT2D eigenvalue weighted by Crippen LogP contribution is -2.58. The summed E-state index contributed by atoms with van der Waals surface area (Å²) >= 11 is 0. The van der Waals surface area contributed by atoms with E-state index in [0.29, 0.717) is 11.6 Å². The van der Waals surface area contributed by atoms with Gasteiger partial charge < -0.3 is 5.32 Å². The number of hydrogen-bond acceptors (Lipinski definition) is 1. The van der Waals surface area contributed by atoms with E-state index in [1.54, 1.807) is 0 Å². The van der Waals surface area contributed by atoms with Gasteiger partial charge in [-0.2, -0.15) is 0 Å². The van der Waals surface area contributed by atoms with E-state index in [1.807, 2.05) is 0 Å². The molecule has 19 heavy (non-hydrogen) atoms. The van der Waals surface area contributed by atoms with Gasteiger partial charge in [-0.3, -0.25) is 0 Å². The molecule has 1 aromatic carbocycles. The van der Waals surface area contributed by atoms with Crippen LogP contribution in [0.25, 0.3) is 0 Å². The monoisotopic (exact) mass is 267 g/mol. The molecule has 3 heteroatoms. The predicted molar refractivity (Wildman–Crippen MR) is 74.2 cm³/mol. The van der Waals surface area contributed by atoms with Gasteiger partial charge in [0, 0.05) is 11.6 Å². The first-order chi connectivity index (χ1) is 9.10. The lowest BCUT2D eigenvalue weighted by atomic mass is 9.51. The smallest absolute Gasteiger partial charge is 0.129 e. The van der Waals surface area contributed by atoms with E-state index >= 15 is 0 Å². The quantitative estimate of drug-likeness (QED) is 0.841. The van der Waals surface area contributed by atoms with Gasteiger partial charge in [0.15, 0.2) is 0 Å². The number of nitrogens with one attached hydrogen (secondary N) is 1. The molecule has 1 aliphatic carbocycles. The molecule has 1 aliphatic rings. The average Bonchev–Trinajstić information content (AvgIpc) is 2.38. The summed E-state index contributed by atoms with van der Waals surface area (Å²) in [5, 5.41) is 3.47. The highest BCUT2D eigenvalue weighted by atomic mass is 19.1. The Morgan fingerprint density at radius 1 is 1.16 bits per heavy atom. The molecule has 0 radical (unpaired) electrons. The van der Waals surface area contributed by atoms with Crippen molar-refractivity contribution >= 4 is 0 Å². The van der Waals surface area contributed by atoms with Gasteiger partial charge in [0.2, 0.25) is 0 Å². The summed E-state index contributed by atoms with van der Waals surface area (Å²) in [5.41, 5.74) is 0.277. The molecule has 2 rings (SSSR count). The molecule has 0 amide bonds. The largest absolute Gasteiger partial charge is 0.314 e. The van der Waals surface area contributed by atoms with E-state index < -0.39 is 11.6 Å². The number of halogens is 2. The Balaban J connectivity index is 2.36. The highest BCUT2D eigenvalue weighted by molar-refractivity contribution is 5.31. The zero-order valence-corrected chi connectivity index (χ0v) is 12.0. The molecule has 0 heterocycles. The molecule has 0 bridgehead atoms. The second-order valence-electron chi connectivity index (χ2n) is 5.47. The van der Waals surface area contributed by atoms with Gasteiger partial charge in [-0.15, -0.1) is 0 Å². The van der Waals surface area contributed by atoms with Crippen molar-refractivity contribution in [1.29, 1.82) is 0 Å². The van der Waals surface area contributed by atoms with Gasteiger partial charge in [0.05, 0.1) is 0 Å². The lowest BCUT2D eigenvalue weighted by Gasteiger charge is -2.56. The topological polar surface area (TPSA) is 12.0 Å². The third kappa shape index (κ3) is 2.18. The van der Waals surface area contributed by atoms with Crippen LogP contribution in [0.4, 0.5) is 8.78 Å². The molecule has 0 saturated heterocycles. The van der Waals surface area contributed by atoms with E-state index in [0.717, 1.165) is 25.8 Å². The Hall–Kier alpha value is -0.960. The fourth-order valence-corrected chi connectivity index (χ4v) is 3.80. The molecule has 2 unspecified atom stereocenters. The second kappa shape index (κ2) is 5.58. The maximum absolute atomic E-state index is 14.0. The molecule has 1 N–H and O–H groups in total. The van der Waals surface area contributed by atoms with Crippen molar-refractivity contribution in [2.24, 2.45) is 5.41 Å². The molecule has 106 valence electrons. The first-order valence-electron chi connectivity index (χ1n) is 7.28. The van der Waals surface area contributed by atoms with Crippen LogP contribution in [-0.4, -0.2) is 12.6 Å². The van der Waals surface area contributed by atoms with Crippen LogP contribution < -0.4 is 5.32 Å². The lowest BCUT2D eigenvalue weighted by molar-refractivity contribution is 0.0173. The zero-order valence-electron chi connectivity index (χ0n) is 12.0. The van der Waals surface area contributed by atoms with Crippen molar-refractivity contribution in [2.45, 2.75) is 52.0 Å². The summed E-state index contributed by atoms with van der Waals surface area (Å²) in [7, 11) is 0. The van der Waals surface area contributed by atoms with Crippen LogP contribution in [0.5, 0.6) is 0 Å². The Kier molecular flexibility index (Phi) is 4.24. The van der Waals surface area contributed by atoms with Crippen LogP contribution in [-0.2, 0) is 0 Å². The third-order valence-corrected chi connectivity index (χ3v) is 4.97. The van der Waals surface area contributed by atoms with Gasteiger partial charge >= 0.3 is 0 Å². The standard InChI is InChI=1S/C16H23F2N/c1-4-16(5-2)11(10-14(16)19-6-3)15-12(17)8-7-9-13(15)18/h7-9,11,14,19H,4-6,10H2,1-3H3. The zero-order chi connectivity index (χ0) is 14.0. The average molecular weight is 267 g/mol. The van der Waals surface area contributed by atoms with E-state index in [9.17, 15) is 8.78 Å². The molecular weight excluding hydrogens is 244 g/mol. The number of rotatable bonds is 5. The Bertz CT molecular complexity index is 420. The van der Waals surface area contributed by atoms with Gasteiger partial charge in [-0.1, -0.05) is 26.8 Å². The molecule has 0 spiro atoms. The molecular formula is C16H23F2N. The van der Waals surface area contributed by atoms with E-state index in [2.05, 4.69) is 26.1 Å². The summed E-state index contributed by atoms with van der Waals surface area (Å²) in [6.07, 6.45) is 2.71. The highest BCUT2D eigenvalue weighted by Gasteiger charge is 2.53. The molecule has 0 aliphatic heterocycles. The fraction of sp³-hybridized carbons (Fsp3) is 0.625. The van der Waals surface area contributed by atoms with Crippen LogP contribution >= 0.6 is 0 Å². The Labute approximate surface area is 114 Å². The Morgan fingerprint density at radius 2 is 1.74 bits per heavy atom. The van der Waals surface area contributed by atoms with E-state index in [-0.39, 0.29) is 11.3 Å². The Morgan fingerprint density at radius 3 is 2.21 bits per heavy atom. The van der Waals surface area contributed by atoms with Gasteiger partial charge in [0.25, 0.3) is 0 Å². The van der Waals surface area contributed by atoms with Crippen molar-refractivity contribution in [3.05, 3.63) is 35.4 Å². The maximum Gasteiger partial charge on any atom is 0.129 e. The minimum absolute atomic E-state index is 0.00671. The van der Waals surface area contributed by atoms with Crippen LogP contribution in [0.3, 0.4) is 0 Å². The minimum atomic E-state index is -0.397. The van der Waals surface area contributed by atoms with Crippen molar-refractivity contribution in [3.63, 3.8) is 0 Å². The van der Waals surface area contributed by atoms with E-state index in [4.69, 9.17) is 0 Å². The normalized spacial score (nSPS) is 25.1. The number of hydrogen-bond donors (Lipinski definition) is 1. The molecule has 0 aromatic heterocycles. The van der Waals surface area contributed by atoms with Crippen LogP contribution in [0.15, 0.2) is 18.2 Å². The van der Waals surface area contributed by atoms with Gasteiger partial charge in [-0.05, 0) is 49.3 Å². The van der Waals surface area contributed by atoms with Crippen LogP contribution in [0, 0.1) is 17.0 Å². The van der Waals surface area contributed by atoms with Crippen LogP contribution in [0.1, 0.15) is 51.5 Å². The summed E-state index contributed by atoms with van der Waals surface area (Å²) in [5.74, 6) is -0.801. The first kappa shape index (κ1) is 14.4. The SMILES string of the molecule is CCNC1CC(c2c(F)cccc2F)C1(CC)CC. The summed E-state index contributed by atoms with van der Waals surface area (Å²) < 4.78 is 28.0. The first-order valence-corrected chi connectivity index (χ1v) is 7.28. The predicted octanol–water partition coefficient (Wildman–Crippen LogP) is 4.24. The van der Waals surface area contributed by atoms with Gasteiger partial charge in [-0.25, -0.2) is 8.78 Å². The maximum atomic E-state index is 14.0. The molecule has 1 fully saturated rings. The van der Waals surface area contributed by atoms with Crippen molar-refractivity contribution in [1.82, 2.24) is 5.32 Å². The highest BCUT2D eigenvalue weighted by Crippen LogP contribution is 2.58. The minimum Gasteiger partial charge on any atom is -0.314 e. The van der Waals surface area contributed by atoms with Crippen molar-refractivity contribution in [3.8, 4) is 0 Å². The molecule has 1 saturated carbocycles. The van der Waals surface area contributed by atoms with Crippen molar-refractivity contribution < 1.29 is 8.78 Å². The molecule has 1 nitrogen and oxygen atoms in total. The van der Waals surface area contributed by atoms with Gasteiger partial charge in [0.1, 0.15) is 11.6 Å². The van der Waals surface area contributed by atoms with Crippen molar-refractivity contribution in [2.75, 3.05) is 6.54 Å². The third-order valence-electron chi connectivity index (χ3n) is 4.97. The molecule has 2 atom stereocenters. The fourth-order valence-electron chi connectivity index (χ4n) is 3.80. The van der Waals surface area contributed by atoms with Crippen LogP contribution in [0.2, 0.25) is 0 Å². The number of benzene rings is 1. The summed E-state index contributed by atoms with van der Waals surface area (Å²) in [6.45, 7) is 7.23. The molecule has 1 aromatic rings. The second-order valence-corrected chi connectivity index (χ2v) is 5.47. The summed E-state index contributed by atoms with van der Waals surface area (Å²) in [6, 6.07) is 4.55. The summed E-state index contributed by atoms with van der Waals surface area (Å²) in [4.78, 5) is 0.